The Morgan fingerprint density at radius 3 is 2.36 bits per heavy atom. The number of amides is 1. The van der Waals surface area contributed by atoms with E-state index in [2.05, 4.69) is 10.5 Å². The largest absolute Gasteiger partial charge is 0.360 e. The minimum absolute atomic E-state index is 0.223. The summed E-state index contributed by atoms with van der Waals surface area (Å²) < 4.78 is 5.19. The maximum Gasteiger partial charge on any atom is 0.261 e. The van der Waals surface area contributed by atoms with Gasteiger partial charge in [0.25, 0.3) is 5.91 Å². The molecule has 1 amide bonds. The van der Waals surface area contributed by atoms with Gasteiger partial charge in [0.15, 0.2) is 0 Å². The van der Waals surface area contributed by atoms with Gasteiger partial charge in [0.1, 0.15) is 17.0 Å². The number of carbonyl (C=O) groups excluding carboxylic acids is 1. The standard InChI is InChI=1S/C17H10Cl4N2O2/c1-8-14(17(24)22-13-6-5-9(18)7-12(13)21)16(23-25-8)15-10(19)3-2-4-11(15)20/h2-7H,1H3,(H,22,24). The van der Waals surface area contributed by atoms with E-state index < -0.39 is 5.91 Å². The SMILES string of the molecule is Cc1onc(-c2c(Cl)cccc2Cl)c1C(=O)Nc1ccc(Cl)cc1Cl. The number of aryl methyl sites for hydroxylation is 1. The van der Waals surface area contributed by atoms with Crippen LogP contribution in [0, 0.1) is 6.92 Å². The molecular weight excluding hydrogens is 406 g/mol. The molecule has 1 N–H and O–H groups in total. The molecule has 0 atom stereocenters. The Hall–Kier alpha value is -1.72. The molecule has 0 saturated carbocycles. The van der Waals surface area contributed by atoms with E-state index >= 15 is 0 Å². The summed E-state index contributed by atoms with van der Waals surface area (Å²) >= 11 is 24.4. The number of rotatable bonds is 3. The first-order valence-corrected chi connectivity index (χ1v) is 8.56. The van der Waals surface area contributed by atoms with Gasteiger partial charge in [0, 0.05) is 10.6 Å². The van der Waals surface area contributed by atoms with Crippen molar-refractivity contribution in [3.05, 3.63) is 67.8 Å². The van der Waals surface area contributed by atoms with Crippen LogP contribution in [0.5, 0.6) is 0 Å². The molecule has 0 unspecified atom stereocenters. The highest BCUT2D eigenvalue weighted by Crippen LogP contribution is 2.37. The molecule has 4 nitrogen and oxygen atoms in total. The van der Waals surface area contributed by atoms with Gasteiger partial charge in [-0.1, -0.05) is 57.6 Å². The van der Waals surface area contributed by atoms with Gasteiger partial charge in [-0.2, -0.15) is 0 Å². The van der Waals surface area contributed by atoms with Crippen LogP contribution in [-0.2, 0) is 0 Å². The van der Waals surface area contributed by atoms with Gasteiger partial charge in [-0.25, -0.2) is 0 Å². The fraction of sp³-hybridized carbons (Fsp3) is 0.0588. The van der Waals surface area contributed by atoms with Crippen molar-refractivity contribution in [1.82, 2.24) is 5.16 Å². The molecule has 0 aliphatic rings. The van der Waals surface area contributed by atoms with Crippen LogP contribution in [0.25, 0.3) is 11.3 Å². The molecule has 1 aromatic heterocycles. The topological polar surface area (TPSA) is 55.1 Å². The smallest absolute Gasteiger partial charge is 0.261 e. The van der Waals surface area contributed by atoms with Crippen molar-refractivity contribution in [2.45, 2.75) is 6.92 Å². The second-order valence-corrected chi connectivity index (χ2v) is 6.80. The van der Waals surface area contributed by atoms with Crippen molar-refractivity contribution in [2.24, 2.45) is 0 Å². The molecule has 0 bridgehead atoms. The summed E-state index contributed by atoms with van der Waals surface area (Å²) in [6.07, 6.45) is 0. The molecule has 25 heavy (non-hydrogen) atoms. The molecule has 0 fully saturated rings. The van der Waals surface area contributed by atoms with Crippen molar-refractivity contribution in [1.29, 1.82) is 0 Å². The van der Waals surface area contributed by atoms with Crippen LogP contribution in [0.3, 0.4) is 0 Å². The van der Waals surface area contributed by atoms with Gasteiger partial charge < -0.3 is 9.84 Å². The number of hydrogen-bond acceptors (Lipinski definition) is 3. The van der Waals surface area contributed by atoms with Gasteiger partial charge in [0.2, 0.25) is 0 Å². The van der Waals surface area contributed by atoms with Crippen molar-refractivity contribution in [3.8, 4) is 11.3 Å². The van der Waals surface area contributed by atoms with Crippen LogP contribution in [0.4, 0.5) is 5.69 Å². The Balaban J connectivity index is 2.03. The third-order valence-corrected chi connectivity index (χ3v) is 4.65. The normalized spacial score (nSPS) is 10.8. The fourth-order valence-corrected chi connectivity index (χ4v) is 3.34. The Bertz CT molecular complexity index is 949. The lowest BCUT2D eigenvalue weighted by atomic mass is 10.1. The molecule has 8 heteroatoms. The monoisotopic (exact) mass is 414 g/mol. The Morgan fingerprint density at radius 2 is 1.72 bits per heavy atom. The number of nitrogens with one attached hydrogen (secondary N) is 1. The number of anilines is 1. The Morgan fingerprint density at radius 1 is 1.04 bits per heavy atom. The number of nitrogens with zero attached hydrogens (tertiary/aromatic N) is 1. The van der Waals surface area contributed by atoms with Crippen molar-refractivity contribution < 1.29 is 9.32 Å². The molecule has 0 aliphatic heterocycles. The minimum Gasteiger partial charge on any atom is -0.360 e. The molecule has 0 saturated heterocycles. The van der Waals surface area contributed by atoms with Crippen LogP contribution < -0.4 is 5.32 Å². The Labute approximate surface area is 163 Å². The lowest BCUT2D eigenvalue weighted by Crippen LogP contribution is -2.14. The molecule has 2 aromatic carbocycles. The third-order valence-electron chi connectivity index (χ3n) is 3.47. The second kappa shape index (κ2) is 7.26. The number of hydrogen-bond donors (Lipinski definition) is 1. The van der Waals surface area contributed by atoms with Crippen LogP contribution in [0.15, 0.2) is 40.9 Å². The molecular formula is C17H10Cl4N2O2. The van der Waals surface area contributed by atoms with E-state index in [1.54, 1.807) is 37.3 Å². The summed E-state index contributed by atoms with van der Waals surface area (Å²) in [6.45, 7) is 1.62. The summed E-state index contributed by atoms with van der Waals surface area (Å²) in [5.41, 5.74) is 1.32. The summed E-state index contributed by atoms with van der Waals surface area (Å²) in [7, 11) is 0. The van der Waals surface area contributed by atoms with Gasteiger partial charge in [0.05, 0.1) is 20.8 Å². The van der Waals surface area contributed by atoms with Crippen LogP contribution in [0.2, 0.25) is 20.1 Å². The van der Waals surface area contributed by atoms with Crippen molar-refractivity contribution in [3.63, 3.8) is 0 Å². The molecule has 3 rings (SSSR count). The Kier molecular flexibility index (Phi) is 5.25. The number of carbonyl (C=O) groups is 1. The molecule has 0 spiro atoms. The van der Waals surface area contributed by atoms with E-state index in [1.807, 2.05) is 0 Å². The number of halogens is 4. The molecule has 3 aromatic rings. The predicted molar refractivity (Wildman–Crippen MR) is 101 cm³/mol. The maximum atomic E-state index is 12.8. The van der Waals surface area contributed by atoms with E-state index in [9.17, 15) is 4.79 Å². The lowest BCUT2D eigenvalue weighted by Gasteiger charge is -2.09. The number of aromatic nitrogens is 1. The number of benzene rings is 2. The molecule has 128 valence electrons. The first-order chi connectivity index (χ1) is 11.9. The maximum absolute atomic E-state index is 12.8. The zero-order valence-electron chi connectivity index (χ0n) is 12.7. The highest BCUT2D eigenvalue weighted by molar-refractivity contribution is 6.39. The van der Waals surface area contributed by atoms with Gasteiger partial charge >= 0.3 is 0 Å². The second-order valence-electron chi connectivity index (χ2n) is 5.14. The van der Waals surface area contributed by atoms with Gasteiger partial charge in [-0.05, 0) is 37.3 Å². The quantitative estimate of drug-likeness (QED) is 0.529. The molecule has 1 heterocycles. The van der Waals surface area contributed by atoms with E-state index in [1.165, 1.54) is 6.07 Å². The van der Waals surface area contributed by atoms with E-state index in [-0.39, 0.29) is 11.3 Å². The van der Waals surface area contributed by atoms with Gasteiger partial charge in [-0.3, -0.25) is 4.79 Å². The lowest BCUT2D eigenvalue weighted by molar-refractivity contribution is 0.102. The average Bonchev–Trinajstić information content (AvgIpc) is 2.91. The van der Waals surface area contributed by atoms with Crippen molar-refractivity contribution >= 4 is 58.0 Å². The first-order valence-electron chi connectivity index (χ1n) is 7.05. The summed E-state index contributed by atoms with van der Waals surface area (Å²) in [4.78, 5) is 12.8. The van der Waals surface area contributed by atoms with E-state index in [0.717, 1.165) is 0 Å². The van der Waals surface area contributed by atoms with Crippen LogP contribution in [-0.4, -0.2) is 11.1 Å². The summed E-state index contributed by atoms with van der Waals surface area (Å²) in [5.74, 6) is -0.123. The summed E-state index contributed by atoms with van der Waals surface area (Å²) in [5, 5.41) is 8.16. The van der Waals surface area contributed by atoms with E-state index in [4.69, 9.17) is 50.9 Å². The predicted octanol–water partition coefficient (Wildman–Crippen LogP) is 6.52. The fourth-order valence-electron chi connectivity index (χ4n) is 2.31. The van der Waals surface area contributed by atoms with Crippen LogP contribution >= 0.6 is 46.4 Å². The first kappa shape index (κ1) is 18.1. The molecule has 0 aliphatic carbocycles. The molecule has 0 radical (unpaired) electrons. The average molecular weight is 416 g/mol. The highest BCUT2D eigenvalue weighted by atomic mass is 35.5. The van der Waals surface area contributed by atoms with Crippen molar-refractivity contribution in [2.75, 3.05) is 5.32 Å². The summed E-state index contributed by atoms with van der Waals surface area (Å²) in [6, 6.07) is 9.78. The zero-order valence-corrected chi connectivity index (χ0v) is 15.8. The van der Waals surface area contributed by atoms with E-state index in [0.29, 0.717) is 37.1 Å². The van der Waals surface area contributed by atoms with Crippen LogP contribution in [0.1, 0.15) is 16.1 Å². The third kappa shape index (κ3) is 3.62. The highest BCUT2D eigenvalue weighted by Gasteiger charge is 2.25. The zero-order chi connectivity index (χ0) is 18.1. The van der Waals surface area contributed by atoms with Gasteiger partial charge in [-0.15, -0.1) is 0 Å². The minimum atomic E-state index is -0.450.